The predicted molar refractivity (Wildman–Crippen MR) is 114 cm³/mol. The number of rotatable bonds is 8. The van der Waals surface area contributed by atoms with Gasteiger partial charge < -0.3 is 20.5 Å². The van der Waals surface area contributed by atoms with E-state index in [4.69, 9.17) is 4.74 Å². The Labute approximate surface area is 169 Å². The van der Waals surface area contributed by atoms with Crippen LogP contribution in [0.4, 0.5) is 0 Å². The summed E-state index contributed by atoms with van der Waals surface area (Å²) in [5.41, 5.74) is 2.17. The topological polar surface area (TPSA) is 69.1 Å². The average Bonchev–Trinajstić information content (AvgIpc) is 3.46. The fourth-order valence-corrected chi connectivity index (χ4v) is 4.00. The van der Waals surface area contributed by atoms with Crippen LogP contribution in [0.3, 0.4) is 0 Å². The monoisotopic (exact) mass is 388 g/mol. The van der Waals surface area contributed by atoms with Crippen LogP contribution in [-0.4, -0.2) is 74.0 Å². The van der Waals surface area contributed by atoms with Crippen molar-refractivity contribution in [1.29, 1.82) is 0 Å². The minimum Gasteiger partial charge on any atom is -0.387 e. The minimum atomic E-state index is -0.854. The first kappa shape index (κ1) is 21.1. The lowest BCUT2D eigenvalue weighted by Gasteiger charge is -2.33. The van der Waals surface area contributed by atoms with Gasteiger partial charge in [0.05, 0.1) is 25.4 Å². The van der Waals surface area contributed by atoms with E-state index in [2.05, 4.69) is 58.6 Å². The van der Waals surface area contributed by atoms with Crippen molar-refractivity contribution in [3.63, 3.8) is 0 Å². The highest BCUT2D eigenvalue weighted by Gasteiger charge is 2.44. The summed E-state index contributed by atoms with van der Waals surface area (Å²) in [6, 6.07) is 8.67. The van der Waals surface area contributed by atoms with Gasteiger partial charge in [0, 0.05) is 38.1 Å². The van der Waals surface area contributed by atoms with Gasteiger partial charge in [-0.05, 0) is 44.7 Å². The molecule has 1 heterocycles. The fourth-order valence-electron chi connectivity index (χ4n) is 4.00. The van der Waals surface area contributed by atoms with Gasteiger partial charge in [0.2, 0.25) is 0 Å². The van der Waals surface area contributed by atoms with Gasteiger partial charge in [-0.15, -0.1) is 0 Å². The summed E-state index contributed by atoms with van der Waals surface area (Å²) < 4.78 is 5.39. The standard InChI is InChI=1S/C22H36N4O2/c1-4-23-20(24-15-21(3,27)17-26-11-13-28-14-12-26)25-16-22(9-10-22)19-8-6-5-7-18(19)2/h5-8,27H,4,9-17H2,1-3H3,(H2,23,24,25). The Bertz CT molecular complexity index is 664. The maximum Gasteiger partial charge on any atom is 0.191 e. The molecule has 0 bridgehead atoms. The largest absolute Gasteiger partial charge is 0.387 e. The number of nitrogens with one attached hydrogen (secondary N) is 2. The molecule has 1 unspecified atom stereocenters. The zero-order valence-corrected chi connectivity index (χ0v) is 17.6. The molecule has 6 heteroatoms. The Balaban J connectivity index is 1.57. The van der Waals surface area contributed by atoms with E-state index in [0.29, 0.717) is 13.1 Å². The Morgan fingerprint density at radius 2 is 1.96 bits per heavy atom. The van der Waals surface area contributed by atoms with Crippen molar-refractivity contribution in [2.24, 2.45) is 4.99 Å². The molecule has 1 atom stereocenters. The van der Waals surface area contributed by atoms with E-state index in [9.17, 15) is 5.11 Å². The maximum atomic E-state index is 10.8. The number of aryl methyl sites for hydroxylation is 1. The molecule has 0 aromatic heterocycles. The zero-order chi connectivity index (χ0) is 20.0. The van der Waals surface area contributed by atoms with Crippen LogP contribution in [0.2, 0.25) is 0 Å². The minimum absolute atomic E-state index is 0.220. The Kier molecular flexibility index (Phi) is 6.96. The van der Waals surface area contributed by atoms with E-state index in [-0.39, 0.29) is 5.41 Å². The van der Waals surface area contributed by atoms with E-state index < -0.39 is 5.60 Å². The quantitative estimate of drug-likeness (QED) is 0.467. The van der Waals surface area contributed by atoms with Crippen LogP contribution >= 0.6 is 0 Å². The highest BCUT2D eigenvalue weighted by Crippen LogP contribution is 2.48. The molecule has 3 N–H and O–H groups in total. The summed E-state index contributed by atoms with van der Waals surface area (Å²) in [5.74, 6) is 0.782. The molecule has 0 radical (unpaired) electrons. The van der Waals surface area contributed by atoms with Crippen LogP contribution in [-0.2, 0) is 10.2 Å². The zero-order valence-electron chi connectivity index (χ0n) is 17.6. The van der Waals surface area contributed by atoms with Gasteiger partial charge in [-0.1, -0.05) is 24.3 Å². The first-order valence-electron chi connectivity index (χ1n) is 10.5. The smallest absolute Gasteiger partial charge is 0.191 e. The van der Waals surface area contributed by atoms with E-state index in [1.165, 1.54) is 24.0 Å². The summed E-state index contributed by atoms with van der Waals surface area (Å²) in [7, 11) is 0. The molecule has 1 aliphatic carbocycles. The van der Waals surface area contributed by atoms with Gasteiger partial charge in [0.15, 0.2) is 5.96 Å². The lowest BCUT2D eigenvalue weighted by atomic mass is 9.92. The van der Waals surface area contributed by atoms with Crippen LogP contribution in [0.1, 0.15) is 37.8 Å². The predicted octanol–water partition coefficient (Wildman–Crippen LogP) is 1.66. The highest BCUT2D eigenvalue weighted by molar-refractivity contribution is 5.80. The van der Waals surface area contributed by atoms with Crippen molar-refractivity contribution in [3.05, 3.63) is 35.4 Å². The van der Waals surface area contributed by atoms with Gasteiger partial charge in [-0.2, -0.15) is 0 Å². The third-order valence-corrected chi connectivity index (χ3v) is 5.75. The molecule has 1 aromatic rings. The Hall–Kier alpha value is -1.63. The second-order valence-electron chi connectivity index (χ2n) is 8.53. The van der Waals surface area contributed by atoms with Crippen LogP contribution in [0, 0.1) is 6.92 Å². The molecular weight excluding hydrogens is 352 g/mol. The second-order valence-corrected chi connectivity index (χ2v) is 8.53. The fraction of sp³-hybridized carbons (Fsp3) is 0.682. The van der Waals surface area contributed by atoms with Gasteiger partial charge >= 0.3 is 0 Å². The molecule has 2 aliphatic rings. The highest BCUT2D eigenvalue weighted by atomic mass is 16.5. The lowest BCUT2D eigenvalue weighted by molar-refractivity contribution is -0.0179. The van der Waals surface area contributed by atoms with E-state index in [1.807, 2.05) is 6.92 Å². The summed E-state index contributed by atoms with van der Waals surface area (Å²) in [4.78, 5) is 6.93. The van der Waals surface area contributed by atoms with Gasteiger partial charge in [0.1, 0.15) is 0 Å². The molecule has 1 aromatic carbocycles. The van der Waals surface area contributed by atoms with Crippen molar-refractivity contribution in [2.45, 2.75) is 44.6 Å². The number of β-amino-alcohol motifs (C(OH)–C–C–N with tert-alkyl or cyclic N) is 1. The van der Waals surface area contributed by atoms with Crippen LogP contribution in [0.5, 0.6) is 0 Å². The Morgan fingerprint density at radius 1 is 1.25 bits per heavy atom. The van der Waals surface area contributed by atoms with Crippen molar-refractivity contribution in [3.8, 4) is 0 Å². The summed E-state index contributed by atoms with van der Waals surface area (Å²) in [5, 5.41) is 17.6. The number of hydrogen-bond acceptors (Lipinski definition) is 4. The van der Waals surface area contributed by atoms with Crippen LogP contribution < -0.4 is 10.6 Å². The van der Waals surface area contributed by atoms with E-state index >= 15 is 0 Å². The SMILES string of the molecule is CCNC(=NCC(C)(O)CN1CCOCC1)NCC1(c2ccccc2C)CC1. The van der Waals surface area contributed by atoms with Gasteiger partial charge in [-0.25, -0.2) is 0 Å². The summed E-state index contributed by atoms with van der Waals surface area (Å²) in [6.07, 6.45) is 2.41. The molecule has 3 rings (SSSR count). The number of nitrogens with zero attached hydrogens (tertiary/aromatic N) is 2. The maximum absolute atomic E-state index is 10.8. The molecule has 2 fully saturated rings. The Morgan fingerprint density at radius 3 is 2.61 bits per heavy atom. The van der Waals surface area contributed by atoms with Crippen LogP contribution in [0.25, 0.3) is 0 Å². The number of aliphatic hydroxyl groups is 1. The number of benzene rings is 1. The lowest BCUT2D eigenvalue weighted by Crippen LogP contribution is -2.48. The molecule has 28 heavy (non-hydrogen) atoms. The molecular formula is C22H36N4O2. The second kappa shape index (κ2) is 9.25. The average molecular weight is 389 g/mol. The van der Waals surface area contributed by atoms with E-state index in [1.54, 1.807) is 0 Å². The normalized spacial score (nSPS) is 21.8. The molecule has 0 spiro atoms. The van der Waals surface area contributed by atoms with Crippen LogP contribution in [0.15, 0.2) is 29.3 Å². The number of morpholine rings is 1. The number of aliphatic imine (C=N–C) groups is 1. The van der Waals surface area contributed by atoms with Gasteiger partial charge in [0.25, 0.3) is 0 Å². The molecule has 6 nitrogen and oxygen atoms in total. The van der Waals surface area contributed by atoms with Crippen molar-refractivity contribution >= 4 is 5.96 Å². The molecule has 1 aliphatic heterocycles. The number of hydrogen-bond donors (Lipinski definition) is 3. The number of guanidine groups is 1. The first-order valence-corrected chi connectivity index (χ1v) is 10.5. The molecule has 156 valence electrons. The van der Waals surface area contributed by atoms with E-state index in [0.717, 1.165) is 45.4 Å². The first-order chi connectivity index (χ1) is 13.4. The third-order valence-electron chi connectivity index (χ3n) is 5.75. The molecule has 0 amide bonds. The molecule has 1 saturated heterocycles. The number of ether oxygens (including phenoxy) is 1. The summed E-state index contributed by atoms with van der Waals surface area (Å²) >= 11 is 0. The van der Waals surface area contributed by atoms with Gasteiger partial charge in [-0.3, -0.25) is 9.89 Å². The van der Waals surface area contributed by atoms with Crippen molar-refractivity contribution < 1.29 is 9.84 Å². The van der Waals surface area contributed by atoms with Crippen molar-refractivity contribution in [2.75, 3.05) is 52.5 Å². The van der Waals surface area contributed by atoms with Crippen molar-refractivity contribution in [1.82, 2.24) is 15.5 Å². The summed E-state index contributed by atoms with van der Waals surface area (Å²) in [6.45, 7) is 12.0. The third kappa shape index (κ3) is 5.69. The molecule has 1 saturated carbocycles.